The van der Waals surface area contributed by atoms with Crippen LogP contribution in [0.1, 0.15) is 50.4 Å². The molecule has 0 aliphatic rings. The molecule has 1 amide bonds. The van der Waals surface area contributed by atoms with Crippen molar-refractivity contribution in [1.82, 2.24) is 9.21 Å². The van der Waals surface area contributed by atoms with Crippen molar-refractivity contribution in [2.75, 3.05) is 20.6 Å². The summed E-state index contributed by atoms with van der Waals surface area (Å²) in [6, 6.07) is 4.87. The lowest BCUT2D eigenvalue weighted by molar-refractivity contribution is 0.0685. The van der Waals surface area contributed by atoms with Gasteiger partial charge in [0.2, 0.25) is 10.0 Å². The Kier molecular flexibility index (Phi) is 7.89. The van der Waals surface area contributed by atoms with Crippen molar-refractivity contribution in [3.05, 3.63) is 28.2 Å². The number of benzene rings is 1. The molecule has 5 nitrogen and oxygen atoms in total. The zero-order valence-electron chi connectivity index (χ0n) is 15.0. The third kappa shape index (κ3) is 4.80. The van der Waals surface area contributed by atoms with Crippen LogP contribution in [0.15, 0.2) is 27.6 Å². The summed E-state index contributed by atoms with van der Waals surface area (Å²) in [5, 5.41) is 0. The van der Waals surface area contributed by atoms with Crippen LogP contribution in [0, 0.1) is 0 Å². The Morgan fingerprint density at radius 3 is 2.38 bits per heavy atom. The Bertz CT molecular complexity index is 674. The molecule has 7 heteroatoms. The van der Waals surface area contributed by atoms with E-state index in [0.29, 0.717) is 16.6 Å². The molecule has 0 bridgehead atoms. The van der Waals surface area contributed by atoms with Gasteiger partial charge in [0.1, 0.15) is 0 Å². The molecule has 0 radical (unpaired) electrons. The summed E-state index contributed by atoms with van der Waals surface area (Å²) >= 11 is 3.27. The van der Waals surface area contributed by atoms with Gasteiger partial charge in [-0.3, -0.25) is 4.79 Å². The summed E-state index contributed by atoms with van der Waals surface area (Å²) in [5.41, 5.74) is 0.398. The van der Waals surface area contributed by atoms with Crippen LogP contribution in [-0.2, 0) is 10.0 Å². The number of carbonyl (C=O) groups is 1. The standard InChI is InChI=1S/C17H27BrN2O3S/c1-6-8-11-20(13(3)7-2)17(21)14-9-10-15(18)16(12-14)24(22,23)19(4)5/h9-10,12-13H,6-8,11H2,1-5H3. The maximum atomic E-state index is 12.9. The van der Waals surface area contributed by atoms with Gasteiger partial charge in [-0.05, 0) is 53.9 Å². The van der Waals surface area contributed by atoms with Crippen LogP contribution in [0.2, 0.25) is 0 Å². The summed E-state index contributed by atoms with van der Waals surface area (Å²) < 4.78 is 26.5. The SMILES string of the molecule is CCCCN(C(=O)c1ccc(Br)c(S(=O)(=O)N(C)C)c1)C(C)CC. The van der Waals surface area contributed by atoms with Crippen molar-refractivity contribution in [2.24, 2.45) is 0 Å². The number of rotatable bonds is 8. The molecule has 1 rings (SSSR count). The highest BCUT2D eigenvalue weighted by atomic mass is 79.9. The first-order valence-corrected chi connectivity index (χ1v) is 10.4. The van der Waals surface area contributed by atoms with E-state index in [1.54, 1.807) is 12.1 Å². The zero-order chi connectivity index (χ0) is 18.5. The van der Waals surface area contributed by atoms with Gasteiger partial charge in [0.15, 0.2) is 0 Å². The molecular formula is C17H27BrN2O3S. The maximum absolute atomic E-state index is 12.9. The van der Waals surface area contributed by atoms with Crippen molar-refractivity contribution in [3.63, 3.8) is 0 Å². The number of hydrogen-bond donors (Lipinski definition) is 0. The maximum Gasteiger partial charge on any atom is 0.254 e. The first-order valence-electron chi connectivity index (χ1n) is 8.19. The van der Waals surface area contributed by atoms with E-state index in [1.807, 2.05) is 18.7 Å². The van der Waals surface area contributed by atoms with E-state index in [9.17, 15) is 13.2 Å². The van der Waals surface area contributed by atoms with Gasteiger partial charge in [-0.15, -0.1) is 0 Å². The molecular weight excluding hydrogens is 392 g/mol. The number of halogens is 1. The van der Waals surface area contributed by atoms with E-state index in [-0.39, 0.29) is 16.8 Å². The Morgan fingerprint density at radius 1 is 1.25 bits per heavy atom. The minimum absolute atomic E-state index is 0.109. The third-order valence-corrected chi connectivity index (χ3v) is 6.88. The normalized spacial score (nSPS) is 13.1. The fourth-order valence-corrected chi connectivity index (χ4v) is 4.11. The summed E-state index contributed by atoms with van der Waals surface area (Å²) in [6.07, 6.45) is 2.78. The average molecular weight is 419 g/mol. The lowest BCUT2D eigenvalue weighted by Crippen LogP contribution is -2.39. The van der Waals surface area contributed by atoms with Crippen molar-refractivity contribution in [2.45, 2.75) is 51.0 Å². The van der Waals surface area contributed by atoms with Crippen LogP contribution in [0.5, 0.6) is 0 Å². The topological polar surface area (TPSA) is 57.7 Å². The molecule has 0 aromatic heterocycles. The van der Waals surface area contributed by atoms with Crippen molar-refractivity contribution >= 4 is 31.9 Å². The molecule has 0 heterocycles. The summed E-state index contributed by atoms with van der Waals surface area (Å²) in [6.45, 7) is 6.82. The fourth-order valence-electron chi connectivity index (χ4n) is 2.27. The van der Waals surface area contributed by atoms with Crippen LogP contribution in [0.25, 0.3) is 0 Å². The predicted molar refractivity (Wildman–Crippen MR) is 101 cm³/mol. The first-order chi connectivity index (χ1) is 11.2. The number of hydrogen-bond acceptors (Lipinski definition) is 3. The Hall–Kier alpha value is -0.920. The molecule has 0 saturated heterocycles. The number of unbranched alkanes of at least 4 members (excludes halogenated alkanes) is 1. The minimum Gasteiger partial charge on any atom is -0.336 e. The van der Waals surface area contributed by atoms with E-state index in [2.05, 4.69) is 22.9 Å². The van der Waals surface area contributed by atoms with Crippen molar-refractivity contribution in [1.29, 1.82) is 0 Å². The fraction of sp³-hybridized carbons (Fsp3) is 0.588. The molecule has 1 aromatic carbocycles. The van der Waals surface area contributed by atoms with Crippen LogP contribution >= 0.6 is 15.9 Å². The molecule has 24 heavy (non-hydrogen) atoms. The molecule has 0 N–H and O–H groups in total. The number of sulfonamides is 1. The molecule has 0 aliphatic heterocycles. The highest BCUT2D eigenvalue weighted by molar-refractivity contribution is 9.10. The minimum atomic E-state index is -3.62. The average Bonchev–Trinajstić information content (AvgIpc) is 2.54. The first kappa shape index (κ1) is 21.1. The molecule has 1 atom stereocenters. The quantitative estimate of drug-likeness (QED) is 0.645. The zero-order valence-corrected chi connectivity index (χ0v) is 17.4. The molecule has 1 unspecified atom stereocenters. The number of carbonyl (C=O) groups excluding carboxylic acids is 1. The van der Waals surface area contributed by atoms with Crippen molar-refractivity contribution < 1.29 is 13.2 Å². The second-order valence-corrected chi connectivity index (χ2v) is 9.02. The Labute approximate surface area is 154 Å². The summed E-state index contributed by atoms with van der Waals surface area (Å²) in [7, 11) is -0.666. The number of nitrogens with zero attached hydrogens (tertiary/aromatic N) is 2. The Balaban J connectivity index is 3.28. The van der Waals surface area contributed by atoms with E-state index >= 15 is 0 Å². The van der Waals surface area contributed by atoms with Gasteiger partial charge in [0.25, 0.3) is 5.91 Å². The largest absolute Gasteiger partial charge is 0.336 e. The second kappa shape index (κ2) is 8.97. The molecule has 0 spiro atoms. The van der Waals surface area contributed by atoms with E-state index in [1.165, 1.54) is 20.2 Å². The lowest BCUT2D eigenvalue weighted by Gasteiger charge is -2.29. The molecule has 136 valence electrons. The van der Waals surface area contributed by atoms with Gasteiger partial charge in [-0.1, -0.05) is 20.3 Å². The molecule has 0 fully saturated rings. The van der Waals surface area contributed by atoms with E-state index in [0.717, 1.165) is 23.6 Å². The Morgan fingerprint density at radius 2 is 1.88 bits per heavy atom. The third-order valence-electron chi connectivity index (χ3n) is 4.07. The van der Waals surface area contributed by atoms with Crippen LogP contribution in [0.4, 0.5) is 0 Å². The lowest BCUT2D eigenvalue weighted by atomic mass is 10.1. The van der Waals surface area contributed by atoms with Gasteiger partial charge < -0.3 is 4.90 Å². The smallest absolute Gasteiger partial charge is 0.254 e. The highest BCUT2D eigenvalue weighted by Crippen LogP contribution is 2.26. The molecule has 0 saturated carbocycles. The van der Waals surface area contributed by atoms with Crippen LogP contribution in [-0.4, -0.2) is 50.2 Å². The molecule has 0 aliphatic carbocycles. The summed E-state index contributed by atoms with van der Waals surface area (Å²) in [4.78, 5) is 14.9. The second-order valence-electron chi connectivity index (χ2n) is 6.04. The van der Waals surface area contributed by atoms with Crippen LogP contribution < -0.4 is 0 Å². The van der Waals surface area contributed by atoms with Gasteiger partial charge in [-0.2, -0.15) is 0 Å². The van der Waals surface area contributed by atoms with E-state index < -0.39 is 10.0 Å². The highest BCUT2D eigenvalue weighted by Gasteiger charge is 2.25. The van der Waals surface area contributed by atoms with Gasteiger partial charge in [0.05, 0.1) is 4.90 Å². The van der Waals surface area contributed by atoms with Gasteiger partial charge >= 0.3 is 0 Å². The van der Waals surface area contributed by atoms with Crippen LogP contribution in [0.3, 0.4) is 0 Å². The van der Waals surface area contributed by atoms with Crippen molar-refractivity contribution in [3.8, 4) is 0 Å². The predicted octanol–water partition coefficient (Wildman–Crippen LogP) is 3.74. The van der Waals surface area contributed by atoms with Gasteiger partial charge in [0, 0.05) is 36.7 Å². The molecule has 1 aromatic rings. The van der Waals surface area contributed by atoms with E-state index in [4.69, 9.17) is 0 Å². The van der Waals surface area contributed by atoms with Gasteiger partial charge in [-0.25, -0.2) is 12.7 Å². The summed E-state index contributed by atoms with van der Waals surface area (Å²) in [5.74, 6) is -0.125. The number of amides is 1. The monoisotopic (exact) mass is 418 g/mol.